The normalized spacial score (nSPS) is 11.7. The molecule has 0 fully saturated rings. The van der Waals surface area contributed by atoms with Gasteiger partial charge in [0.2, 0.25) is 0 Å². The molecule has 0 radical (unpaired) electrons. The highest BCUT2D eigenvalue weighted by Gasteiger charge is 2.41. The molecule has 0 bridgehead atoms. The SMILES string of the molecule is Cc1nc(C(F)(F)F)c(C(=O)O)n1O. The van der Waals surface area contributed by atoms with Gasteiger partial charge in [-0.05, 0) is 6.92 Å². The number of hydrogen-bond donors (Lipinski definition) is 2. The van der Waals surface area contributed by atoms with Gasteiger partial charge in [-0.1, -0.05) is 0 Å². The number of rotatable bonds is 1. The number of carboxylic acid groups (broad SMARTS) is 1. The smallest absolute Gasteiger partial charge is 0.435 e. The van der Waals surface area contributed by atoms with E-state index in [-0.39, 0.29) is 4.73 Å². The van der Waals surface area contributed by atoms with Crippen LogP contribution in [0.5, 0.6) is 0 Å². The van der Waals surface area contributed by atoms with Crippen molar-refractivity contribution >= 4 is 5.97 Å². The predicted molar refractivity (Wildman–Crippen MR) is 36.1 cm³/mol. The van der Waals surface area contributed by atoms with E-state index >= 15 is 0 Å². The van der Waals surface area contributed by atoms with Crippen LogP contribution in [0, 0.1) is 6.92 Å². The average molecular weight is 210 g/mol. The lowest BCUT2D eigenvalue weighted by Gasteiger charge is -2.03. The number of hydrogen-bond acceptors (Lipinski definition) is 3. The molecule has 0 atom stereocenters. The molecular formula is C6H5F3N2O3. The third kappa shape index (κ3) is 1.50. The number of carboxylic acids is 1. The maximum atomic E-state index is 12.2. The quantitative estimate of drug-likeness (QED) is 0.681. The first kappa shape index (κ1) is 10.4. The van der Waals surface area contributed by atoms with Crippen molar-refractivity contribution in [2.75, 3.05) is 0 Å². The zero-order valence-corrected chi connectivity index (χ0v) is 6.83. The Labute approximate surface area is 75.4 Å². The molecule has 2 N–H and O–H groups in total. The minimum Gasteiger partial charge on any atom is -0.476 e. The molecule has 1 aromatic rings. The summed E-state index contributed by atoms with van der Waals surface area (Å²) in [4.78, 5) is 13.3. The molecule has 8 heteroatoms. The lowest BCUT2D eigenvalue weighted by atomic mass is 10.3. The van der Waals surface area contributed by atoms with Crippen LogP contribution in [0.1, 0.15) is 22.0 Å². The zero-order chi connectivity index (χ0) is 11.1. The largest absolute Gasteiger partial charge is 0.476 e. The lowest BCUT2D eigenvalue weighted by molar-refractivity contribution is -0.141. The van der Waals surface area contributed by atoms with Gasteiger partial charge in [0.25, 0.3) is 0 Å². The minimum absolute atomic E-state index is 0.106. The highest BCUT2D eigenvalue weighted by Crippen LogP contribution is 2.31. The Bertz CT molecular complexity index is 382. The fourth-order valence-corrected chi connectivity index (χ4v) is 0.914. The van der Waals surface area contributed by atoms with Crippen LogP contribution in [0.4, 0.5) is 13.2 Å². The van der Waals surface area contributed by atoms with Crippen LogP contribution >= 0.6 is 0 Å². The van der Waals surface area contributed by atoms with E-state index in [9.17, 15) is 18.0 Å². The molecule has 0 unspecified atom stereocenters. The van der Waals surface area contributed by atoms with E-state index in [4.69, 9.17) is 10.3 Å². The second kappa shape index (κ2) is 2.89. The van der Waals surface area contributed by atoms with Crippen molar-refractivity contribution in [2.45, 2.75) is 13.1 Å². The monoisotopic (exact) mass is 210 g/mol. The van der Waals surface area contributed by atoms with Crippen LogP contribution in [0.25, 0.3) is 0 Å². The van der Waals surface area contributed by atoms with Crippen LogP contribution < -0.4 is 0 Å². The summed E-state index contributed by atoms with van der Waals surface area (Å²) in [6.45, 7) is 1.06. The van der Waals surface area contributed by atoms with E-state index < -0.39 is 29.4 Å². The molecule has 78 valence electrons. The lowest BCUT2D eigenvalue weighted by Crippen LogP contribution is -2.15. The molecule has 1 aromatic heterocycles. The molecule has 0 aliphatic rings. The average Bonchev–Trinajstić information content (AvgIpc) is 2.27. The highest BCUT2D eigenvalue weighted by atomic mass is 19.4. The van der Waals surface area contributed by atoms with Crippen LogP contribution in [0.2, 0.25) is 0 Å². The van der Waals surface area contributed by atoms with Crippen LogP contribution in [-0.2, 0) is 6.18 Å². The summed E-state index contributed by atoms with van der Waals surface area (Å²) in [5, 5.41) is 17.3. The summed E-state index contributed by atoms with van der Waals surface area (Å²) in [5.41, 5.74) is -2.89. The Morgan fingerprint density at radius 2 is 2.00 bits per heavy atom. The van der Waals surface area contributed by atoms with Gasteiger partial charge in [-0.15, -0.1) is 0 Å². The van der Waals surface area contributed by atoms with Gasteiger partial charge < -0.3 is 10.3 Å². The van der Waals surface area contributed by atoms with Gasteiger partial charge >= 0.3 is 12.1 Å². The first-order chi connectivity index (χ1) is 6.25. The van der Waals surface area contributed by atoms with Gasteiger partial charge in [0.05, 0.1) is 0 Å². The third-order valence-electron chi connectivity index (χ3n) is 1.49. The van der Waals surface area contributed by atoms with Crippen LogP contribution in [0.15, 0.2) is 0 Å². The summed E-state index contributed by atoms with van der Waals surface area (Å²) < 4.78 is 36.3. The fraction of sp³-hybridized carbons (Fsp3) is 0.333. The molecule has 1 heterocycles. The maximum Gasteiger partial charge on any atom is 0.435 e. The first-order valence-corrected chi connectivity index (χ1v) is 3.34. The molecule has 0 aliphatic heterocycles. The van der Waals surface area contributed by atoms with E-state index in [1.54, 1.807) is 0 Å². The Morgan fingerprint density at radius 3 is 2.29 bits per heavy atom. The number of halogens is 3. The number of alkyl halides is 3. The van der Waals surface area contributed by atoms with Crippen molar-refractivity contribution in [3.05, 3.63) is 17.2 Å². The Morgan fingerprint density at radius 1 is 1.50 bits per heavy atom. The molecule has 0 spiro atoms. The zero-order valence-electron chi connectivity index (χ0n) is 6.83. The Kier molecular flexibility index (Phi) is 2.14. The second-order valence-corrected chi connectivity index (χ2v) is 2.47. The van der Waals surface area contributed by atoms with Crippen LogP contribution in [-0.4, -0.2) is 26.0 Å². The predicted octanol–water partition coefficient (Wildman–Crippen LogP) is 1.15. The summed E-state index contributed by atoms with van der Waals surface area (Å²) in [6.07, 6.45) is -4.90. The molecule has 0 saturated heterocycles. The second-order valence-electron chi connectivity index (χ2n) is 2.47. The molecule has 5 nitrogen and oxygen atoms in total. The molecular weight excluding hydrogens is 205 g/mol. The molecule has 0 saturated carbocycles. The van der Waals surface area contributed by atoms with Crippen molar-refractivity contribution in [2.24, 2.45) is 0 Å². The van der Waals surface area contributed by atoms with E-state index in [1.807, 2.05) is 0 Å². The number of imidazole rings is 1. The van der Waals surface area contributed by atoms with Crippen molar-refractivity contribution < 1.29 is 28.3 Å². The van der Waals surface area contributed by atoms with Crippen molar-refractivity contribution in [1.82, 2.24) is 9.71 Å². The van der Waals surface area contributed by atoms with E-state index in [0.29, 0.717) is 0 Å². The maximum absolute atomic E-state index is 12.2. The van der Waals surface area contributed by atoms with Gasteiger partial charge in [-0.3, -0.25) is 0 Å². The van der Waals surface area contributed by atoms with Gasteiger partial charge in [0, 0.05) is 0 Å². The Hall–Kier alpha value is -1.73. The fourth-order valence-electron chi connectivity index (χ4n) is 0.914. The van der Waals surface area contributed by atoms with Crippen LogP contribution in [0.3, 0.4) is 0 Å². The number of nitrogens with zero attached hydrogens (tertiary/aromatic N) is 2. The van der Waals surface area contributed by atoms with Crippen molar-refractivity contribution in [1.29, 1.82) is 0 Å². The van der Waals surface area contributed by atoms with E-state index in [1.165, 1.54) is 0 Å². The number of aryl methyl sites for hydroxylation is 1. The summed E-state index contributed by atoms with van der Waals surface area (Å²) >= 11 is 0. The highest BCUT2D eigenvalue weighted by molar-refractivity contribution is 5.87. The number of aromatic carboxylic acids is 1. The molecule has 0 aromatic carbocycles. The molecule has 1 rings (SSSR count). The minimum atomic E-state index is -4.90. The van der Waals surface area contributed by atoms with Gasteiger partial charge in [-0.25, -0.2) is 9.78 Å². The molecule has 14 heavy (non-hydrogen) atoms. The number of aromatic nitrogens is 2. The summed E-state index contributed by atoms with van der Waals surface area (Å²) in [5.74, 6) is -2.32. The van der Waals surface area contributed by atoms with Gasteiger partial charge in [0.1, 0.15) is 5.82 Å². The Balaban J connectivity index is 3.45. The standard InChI is InChI=1S/C6H5F3N2O3/c1-2-10-4(6(7,8)9)3(5(12)13)11(2)14/h14H,1H3,(H,12,13). The van der Waals surface area contributed by atoms with Gasteiger partial charge in [-0.2, -0.15) is 17.9 Å². The summed E-state index contributed by atoms with van der Waals surface area (Å²) in [6, 6.07) is 0. The summed E-state index contributed by atoms with van der Waals surface area (Å²) in [7, 11) is 0. The molecule has 0 amide bonds. The van der Waals surface area contributed by atoms with Crippen molar-refractivity contribution in [3.8, 4) is 0 Å². The van der Waals surface area contributed by atoms with Gasteiger partial charge in [0.15, 0.2) is 11.4 Å². The first-order valence-electron chi connectivity index (χ1n) is 3.34. The molecule has 0 aliphatic carbocycles. The van der Waals surface area contributed by atoms with E-state index in [2.05, 4.69) is 4.98 Å². The number of carbonyl (C=O) groups is 1. The van der Waals surface area contributed by atoms with E-state index in [0.717, 1.165) is 6.92 Å². The third-order valence-corrected chi connectivity index (χ3v) is 1.49. The van der Waals surface area contributed by atoms with Crippen molar-refractivity contribution in [3.63, 3.8) is 0 Å². The topological polar surface area (TPSA) is 75.3 Å².